The SMILES string of the molecule is CO.Cc1ccc(C)cc1.O.O. The van der Waals surface area contributed by atoms with E-state index in [0.29, 0.717) is 0 Å². The van der Waals surface area contributed by atoms with Crippen molar-refractivity contribution in [2.24, 2.45) is 0 Å². The monoisotopic (exact) mass is 174 g/mol. The summed E-state index contributed by atoms with van der Waals surface area (Å²) in [5.41, 5.74) is 2.66. The van der Waals surface area contributed by atoms with Crippen molar-refractivity contribution in [3.8, 4) is 0 Å². The Hall–Kier alpha value is -0.900. The Bertz CT molecular complexity index is 149. The molecule has 0 saturated heterocycles. The standard InChI is InChI=1S/C8H10.CH4O.2H2O/c1-7-3-5-8(2)6-4-7;1-2;;/h3-6H,1-2H3;2H,1H3;2*1H2. The molecule has 0 aliphatic heterocycles. The van der Waals surface area contributed by atoms with E-state index < -0.39 is 0 Å². The summed E-state index contributed by atoms with van der Waals surface area (Å²) in [5.74, 6) is 0. The smallest absolute Gasteiger partial charge is 0.0319 e. The molecule has 1 aromatic rings. The predicted octanol–water partition coefficient (Wildman–Crippen LogP) is 0.263. The zero-order chi connectivity index (χ0) is 7.98. The molecule has 3 heteroatoms. The van der Waals surface area contributed by atoms with Crippen molar-refractivity contribution in [3.05, 3.63) is 35.4 Å². The predicted molar refractivity (Wildman–Crippen MR) is 51.3 cm³/mol. The molecule has 0 aliphatic rings. The summed E-state index contributed by atoms with van der Waals surface area (Å²) in [6.45, 7) is 4.19. The van der Waals surface area contributed by atoms with Crippen LogP contribution in [0.15, 0.2) is 24.3 Å². The number of aliphatic hydroxyl groups excluding tert-OH is 1. The molecule has 0 unspecified atom stereocenters. The maximum atomic E-state index is 7.00. The lowest BCUT2D eigenvalue weighted by molar-refractivity contribution is 0.399. The van der Waals surface area contributed by atoms with Crippen LogP contribution in [0.1, 0.15) is 11.1 Å². The van der Waals surface area contributed by atoms with Gasteiger partial charge in [-0.05, 0) is 13.8 Å². The number of hydrogen-bond acceptors (Lipinski definition) is 1. The lowest BCUT2D eigenvalue weighted by Crippen LogP contribution is -1.70. The summed E-state index contributed by atoms with van der Waals surface area (Å²) >= 11 is 0. The third kappa shape index (κ3) is 7.21. The molecule has 0 heterocycles. The molecule has 5 N–H and O–H groups in total. The molecule has 12 heavy (non-hydrogen) atoms. The minimum atomic E-state index is 0. The van der Waals surface area contributed by atoms with Crippen LogP contribution in [0.2, 0.25) is 0 Å². The highest BCUT2D eigenvalue weighted by atomic mass is 16.2. The van der Waals surface area contributed by atoms with Gasteiger partial charge in [0.2, 0.25) is 0 Å². The highest BCUT2D eigenvalue weighted by Gasteiger charge is 1.79. The van der Waals surface area contributed by atoms with Crippen molar-refractivity contribution in [3.63, 3.8) is 0 Å². The summed E-state index contributed by atoms with van der Waals surface area (Å²) < 4.78 is 0. The van der Waals surface area contributed by atoms with Crippen LogP contribution in [0.25, 0.3) is 0 Å². The molecule has 0 saturated carbocycles. The quantitative estimate of drug-likeness (QED) is 0.601. The summed E-state index contributed by atoms with van der Waals surface area (Å²) in [4.78, 5) is 0. The first-order valence-corrected chi connectivity index (χ1v) is 3.27. The Kier molecular flexibility index (Phi) is 14.5. The van der Waals surface area contributed by atoms with Gasteiger partial charge in [-0.3, -0.25) is 0 Å². The summed E-state index contributed by atoms with van der Waals surface area (Å²) in [6, 6.07) is 8.48. The molecule has 72 valence electrons. The number of rotatable bonds is 0. The largest absolute Gasteiger partial charge is 0.412 e. The zero-order valence-electron chi connectivity index (χ0n) is 7.76. The number of aliphatic hydroxyl groups is 1. The van der Waals surface area contributed by atoms with Gasteiger partial charge in [-0.2, -0.15) is 0 Å². The van der Waals surface area contributed by atoms with E-state index in [0.717, 1.165) is 7.11 Å². The number of hydrogen-bond donors (Lipinski definition) is 1. The van der Waals surface area contributed by atoms with E-state index in [1.165, 1.54) is 11.1 Å². The Morgan fingerprint density at radius 3 is 1.08 bits per heavy atom. The van der Waals surface area contributed by atoms with E-state index in [9.17, 15) is 0 Å². The van der Waals surface area contributed by atoms with Gasteiger partial charge in [-0.1, -0.05) is 35.4 Å². The Balaban J connectivity index is -0.000000189. The molecule has 0 spiro atoms. The third-order valence-corrected chi connectivity index (χ3v) is 1.22. The molecule has 3 nitrogen and oxygen atoms in total. The van der Waals surface area contributed by atoms with Gasteiger partial charge in [-0.25, -0.2) is 0 Å². The molecule has 0 aromatic heterocycles. The average Bonchev–Trinajstić information content (AvgIpc) is 2.00. The molecular formula is C9H18O3. The van der Waals surface area contributed by atoms with Crippen LogP contribution in [-0.2, 0) is 0 Å². The molecule has 0 amide bonds. The first-order chi connectivity index (χ1) is 4.79. The lowest BCUT2D eigenvalue weighted by Gasteiger charge is -1.90. The third-order valence-electron chi connectivity index (χ3n) is 1.22. The van der Waals surface area contributed by atoms with Gasteiger partial charge < -0.3 is 16.1 Å². The second-order valence-electron chi connectivity index (χ2n) is 2.15. The van der Waals surface area contributed by atoms with Gasteiger partial charge in [-0.15, -0.1) is 0 Å². The van der Waals surface area contributed by atoms with Crippen LogP contribution >= 0.6 is 0 Å². The van der Waals surface area contributed by atoms with Gasteiger partial charge in [0.1, 0.15) is 0 Å². The van der Waals surface area contributed by atoms with Gasteiger partial charge in [0.15, 0.2) is 0 Å². The number of benzene rings is 1. The maximum absolute atomic E-state index is 7.00. The Morgan fingerprint density at radius 1 is 0.750 bits per heavy atom. The molecule has 1 aromatic carbocycles. The van der Waals surface area contributed by atoms with Crippen molar-refractivity contribution in [2.45, 2.75) is 13.8 Å². The summed E-state index contributed by atoms with van der Waals surface area (Å²) in [5, 5.41) is 7.00. The normalized spacial score (nSPS) is 6.67. The zero-order valence-corrected chi connectivity index (χ0v) is 7.76. The fourth-order valence-electron chi connectivity index (χ4n) is 0.637. The fraction of sp³-hybridized carbons (Fsp3) is 0.333. The first-order valence-electron chi connectivity index (χ1n) is 3.27. The second-order valence-corrected chi connectivity index (χ2v) is 2.15. The van der Waals surface area contributed by atoms with Crippen molar-refractivity contribution in [1.82, 2.24) is 0 Å². The fourth-order valence-corrected chi connectivity index (χ4v) is 0.637. The van der Waals surface area contributed by atoms with Crippen molar-refractivity contribution < 1.29 is 16.1 Å². The topological polar surface area (TPSA) is 83.2 Å². The van der Waals surface area contributed by atoms with Crippen LogP contribution in [0, 0.1) is 13.8 Å². The van der Waals surface area contributed by atoms with E-state index in [-0.39, 0.29) is 11.0 Å². The molecule has 0 radical (unpaired) electrons. The Morgan fingerprint density at radius 2 is 0.917 bits per heavy atom. The highest BCUT2D eigenvalue weighted by molar-refractivity contribution is 5.19. The van der Waals surface area contributed by atoms with Crippen molar-refractivity contribution >= 4 is 0 Å². The summed E-state index contributed by atoms with van der Waals surface area (Å²) in [6.07, 6.45) is 0. The van der Waals surface area contributed by atoms with E-state index in [1.807, 2.05) is 0 Å². The molecule has 0 fully saturated rings. The van der Waals surface area contributed by atoms with Gasteiger partial charge in [0, 0.05) is 7.11 Å². The first kappa shape index (κ1) is 17.3. The van der Waals surface area contributed by atoms with Crippen molar-refractivity contribution in [2.75, 3.05) is 7.11 Å². The minimum absolute atomic E-state index is 0. The van der Waals surface area contributed by atoms with E-state index in [4.69, 9.17) is 5.11 Å². The van der Waals surface area contributed by atoms with Crippen molar-refractivity contribution in [1.29, 1.82) is 0 Å². The maximum Gasteiger partial charge on any atom is 0.0319 e. The van der Waals surface area contributed by atoms with E-state index >= 15 is 0 Å². The van der Waals surface area contributed by atoms with Crippen LogP contribution in [0.3, 0.4) is 0 Å². The molecule has 0 aliphatic carbocycles. The second kappa shape index (κ2) is 10.1. The van der Waals surface area contributed by atoms with Crippen LogP contribution < -0.4 is 0 Å². The molecule has 0 bridgehead atoms. The minimum Gasteiger partial charge on any atom is -0.412 e. The molecular weight excluding hydrogens is 156 g/mol. The van der Waals surface area contributed by atoms with Crippen LogP contribution in [-0.4, -0.2) is 23.2 Å². The van der Waals surface area contributed by atoms with Gasteiger partial charge >= 0.3 is 0 Å². The average molecular weight is 174 g/mol. The highest BCUT2D eigenvalue weighted by Crippen LogP contribution is 1.99. The lowest BCUT2D eigenvalue weighted by atomic mass is 10.2. The van der Waals surface area contributed by atoms with E-state index in [1.54, 1.807) is 0 Å². The Labute approximate surface area is 73.3 Å². The van der Waals surface area contributed by atoms with E-state index in [2.05, 4.69) is 38.1 Å². The molecule has 0 atom stereocenters. The summed E-state index contributed by atoms with van der Waals surface area (Å²) in [7, 11) is 1.00. The van der Waals surface area contributed by atoms with Gasteiger partial charge in [0.05, 0.1) is 0 Å². The van der Waals surface area contributed by atoms with Crippen LogP contribution in [0.5, 0.6) is 0 Å². The number of aryl methyl sites for hydroxylation is 2. The van der Waals surface area contributed by atoms with Gasteiger partial charge in [0.25, 0.3) is 0 Å². The van der Waals surface area contributed by atoms with Crippen LogP contribution in [0.4, 0.5) is 0 Å². The molecule has 1 rings (SSSR count).